The van der Waals surface area contributed by atoms with Crippen molar-refractivity contribution in [3.05, 3.63) is 48.6 Å². The molecule has 49 heavy (non-hydrogen) atoms. The number of Topliss-reactive ketones (excluding diaryl/α,β-unsaturated/α-hetero) is 1. The minimum absolute atomic E-state index is 0.0339. The van der Waals surface area contributed by atoms with E-state index in [4.69, 9.17) is 0 Å². The summed E-state index contributed by atoms with van der Waals surface area (Å²) in [5, 5.41) is 10.2. The number of piperazine rings is 1. The van der Waals surface area contributed by atoms with Crippen molar-refractivity contribution >= 4 is 33.7 Å². The van der Waals surface area contributed by atoms with Gasteiger partial charge in [-0.25, -0.2) is 0 Å². The molecule has 1 aliphatic heterocycles. The molecule has 0 spiro atoms. The lowest BCUT2D eigenvalue weighted by molar-refractivity contribution is -0.160. The van der Waals surface area contributed by atoms with Crippen molar-refractivity contribution in [1.82, 2.24) is 30.3 Å². The number of hydrogen-bond donors (Lipinski definition) is 5. The van der Waals surface area contributed by atoms with Crippen molar-refractivity contribution < 1.29 is 36.4 Å². The molecule has 1 saturated carbocycles. The van der Waals surface area contributed by atoms with E-state index in [-0.39, 0.29) is 50.7 Å². The molecule has 12 nitrogen and oxygen atoms in total. The maximum Gasteiger partial charge on any atom is 0.383 e. The molecule has 2 aliphatic rings. The average molecular weight is 711 g/mol. The summed E-state index contributed by atoms with van der Waals surface area (Å²) in [6, 6.07) is 4.32. The van der Waals surface area contributed by atoms with Gasteiger partial charge in [-0.15, -0.1) is 6.58 Å². The molecule has 2 fully saturated rings. The highest BCUT2D eigenvalue weighted by Crippen LogP contribution is 2.29. The Labute approximate surface area is 288 Å². The SMILES string of the molecule is C=CC[C@H](NC(=O)C(Cc1ccccc1)NS(=O)(=O)N1CCNCC1)C(=O)N[C@@H](CC1CCCCC1)C(=O)C(F)(F)C(=O)NC[C@@H](C)CC. The molecule has 0 bridgehead atoms. The zero-order chi connectivity index (χ0) is 36.0. The van der Waals surface area contributed by atoms with Gasteiger partial charge < -0.3 is 21.3 Å². The summed E-state index contributed by atoms with van der Waals surface area (Å²) in [6.07, 6.45) is 5.77. The summed E-state index contributed by atoms with van der Waals surface area (Å²) < 4.78 is 60.9. The van der Waals surface area contributed by atoms with Gasteiger partial charge in [0.2, 0.25) is 17.6 Å². The smallest absolute Gasteiger partial charge is 0.350 e. The molecule has 1 aromatic rings. The summed E-state index contributed by atoms with van der Waals surface area (Å²) in [4.78, 5) is 53.2. The number of alkyl halides is 2. The molecule has 0 radical (unpaired) electrons. The molecule has 274 valence electrons. The van der Waals surface area contributed by atoms with Crippen LogP contribution in [0.3, 0.4) is 0 Å². The Morgan fingerprint density at radius 2 is 1.61 bits per heavy atom. The van der Waals surface area contributed by atoms with Gasteiger partial charge in [0.1, 0.15) is 12.1 Å². The molecule has 1 unspecified atom stereocenters. The molecular formula is C34H52F2N6O6S. The van der Waals surface area contributed by atoms with E-state index in [1.165, 1.54) is 10.4 Å². The number of amides is 3. The summed E-state index contributed by atoms with van der Waals surface area (Å²) in [5.41, 5.74) is 0.655. The second-order valence-corrected chi connectivity index (χ2v) is 14.8. The first-order valence-corrected chi connectivity index (χ1v) is 18.7. The molecular weight excluding hydrogens is 658 g/mol. The molecule has 5 N–H and O–H groups in total. The van der Waals surface area contributed by atoms with Crippen molar-refractivity contribution in [2.75, 3.05) is 32.7 Å². The summed E-state index contributed by atoms with van der Waals surface area (Å²) in [7, 11) is -4.10. The Hall–Kier alpha value is -3.27. The van der Waals surface area contributed by atoms with Crippen LogP contribution < -0.4 is 26.0 Å². The zero-order valence-corrected chi connectivity index (χ0v) is 29.3. The van der Waals surface area contributed by atoms with E-state index in [0.717, 1.165) is 19.3 Å². The molecule has 1 heterocycles. The predicted octanol–water partition coefficient (Wildman–Crippen LogP) is 2.22. The number of ketones is 1. The number of carbonyl (C=O) groups excluding carboxylic acids is 4. The van der Waals surface area contributed by atoms with Crippen LogP contribution in [0, 0.1) is 11.8 Å². The Morgan fingerprint density at radius 1 is 1.00 bits per heavy atom. The van der Waals surface area contributed by atoms with Crippen molar-refractivity contribution in [2.24, 2.45) is 11.8 Å². The van der Waals surface area contributed by atoms with Crippen LogP contribution in [0.1, 0.15) is 70.8 Å². The Kier molecular flexibility index (Phi) is 15.7. The number of benzene rings is 1. The van der Waals surface area contributed by atoms with E-state index in [1.807, 2.05) is 6.92 Å². The van der Waals surface area contributed by atoms with Crippen LogP contribution in [0.25, 0.3) is 0 Å². The Morgan fingerprint density at radius 3 is 2.22 bits per heavy atom. The van der Waals surface area contributed by atoms with E-state index >= 15 is 8.78 Å². The summed E-state index contributed by atoms with van der Waals surface area (Å²) >= 11 is 0. The van der Waals surface area contributed by atoms with Crippen LogP contribution in [0.2, 0.25) is 0 Å². The van der Waals surface area contributed by atoms with Gasteiger partial charge in [-0.05, 0) is 36.7 Å². The minimum atomic E-state index is -4.40. The van der Waals surface area contributed by atoms with Gasteiger partial charge in [-0.3, -0.25) is 19.2 Å². The third-order valence-electron chi connectivity index (χ3n) is 9.17. The molecule has 1 aliphatic carbocycles. The average Bonchev–Trinajstić information content (AvgIpc) is 3.10. The lowest BCUT2D eigenvalue weighted by atomic mass is 9.83. The van der Waals surface area contributed by atoms with Crippen molar-refractivity contribution in [3.8, 4) is 0 Å². The number of halogens is 2. The van der Waals surface area contributed by atoms with Gasteiger partial charge in [0.15, 0.2) is 0 Å². The van der Waals surface area contributed by atoms with Gasteiger partial charge in [0.25, 0.3) is 16.1 Å². The number of carbonyl (C=O) groups is 4. The van der Waals surface area contributed by atoms with Crippen LogP contribution in [0.5, 0.6) is 0 Å². The normalized spacial score (nSPS) is 18.8. The first-order valence-electron chi connectivity index (χ1n) is 17.2. The maximum atomic E-state index is 15.3. The molecule has 1 aromatic carbocycles. The molecule has 1 saturated heterocycles. The summed E-state index contributed by atoms with van der Waals surface area (Å²) in [6.45, 7) is 8.52. The van der Waals surface area contributed by atoms with Crippen LogP contribution in [0.15, 0.2) is 43.0 Å². The van der Waals surface area contributed by atoms with E-state index in [2.05, 4.69) is 32.6 Å². The first kappa shape index (κ1) is 40.2. The lowest BCUT2D eigenvalue weighted by Gasteiger charge is -2.30. The Bertz CT molecular complexity index is 1370. The second kappa shape index (κ2) is 19.2. The number of nitrogens with one attached hydrogen (secondary N) is 5. The van der Waals surface area contributed by atoms with Gasteiger partial charge in [0.05, 0.1) is 6.04 Å². The monoisotopic (exact) mass is 710 g/mol. The van der Waals surface area contributed by atoms with Crippen LogP contribution >= 0.6 is 0 Å². The standard InChI is InChI=1S/C34H52F2N6O6S/c1-4-12-27(39-32(45)29(22-26-15-10-7-11-16-26)41-49(47,48)42-19-17-37-18-20-42)31(44)40-28(21-25-13-8-6-9-14-25)30(43)34(35,36)33(46)38-23-24(3)5-2/h4,7,10-11,15-16,24-25,27-29,37,41H,1,5-6,8-9,12-14,17-23H2,2-3H3,(H,38,46)(H,39,45)(H,40,44)/t24-,27-,28-,29?/m0/s1. The fraction of sp³-hybridized carbons (Fsp3) is 0.647. The van der Waals surface area contributed by atoms with Crippen molar-refractivity contribution in [3.63, 3.8) is 0 Å². The molecule has 15 heteroatoms. The second-order valence-electron chi connectivity index (χ2n) is 13.1. The quantitative estimate of drug-likeness (QED) is 0.109. The van der Waals surface area contributed by atoms with Crippen molar-refractivity contribution in [2.45, 2.75) is 95.7 Å². The molecule has 4 atom stereocenters. The number of rotatable bonds is 19. The molecule has 0 aromatic heterocycles. The lowest BCUT2D eigenvalue weighted by Crippen LogP contribution is -2.60. The van der Waals surface area contributed by atoms with E-state index < -0.39 is 57.8 Å². The van der Waals surface area contributed by atoms with E-state index in [9.17, 15) is 27.6 Å². The maximum absolute atomic E-state index is 15.3. The van der Waals surface area contributed by atoms with Gasteiger partial charge in [0, 0.05) is 32.7 Å². The molecule has 3 amide bonds. The van der Waals surface area contributed by atoms with Crippen LogP contribution in [-0.2, 0) is 35.8 Å². The zero-order valence-electron chi connectivity index (χ0n) is 28.5. The van der Waals surface area contributed by atoms with Crippen molar-refractivity contribution in [1.29, 1.82) is 0 Å². The topological polar surface area (TPSA) is 166 Å². The van der Waals surface area contributed by atoms with Gasteiger partial charge in [-0.2, -0.15) is 26.2 Å². The van der Waals surface area contributed by atoms with Crippen LogP contribution in [0.4, 0.5) is 8.78 Å². The number of hydrogen-bond acceptors (Lipinski definition) is 7. The highest BCUT2D eigenvalue weighted by molar-refractivity contribution is 7.87. The molecule has 3 rings (SSSR count). The largest absolute Gasteiger partial charge is 0.383 e. The summed E-state index contributed by atoms with van der Waals surface area (Å²) in [5.74, 6) is -9.80. The van der Waals surface area contributed by atoms with Crippen LogP contribution in [-0.4, -0.2) is 93.0 Å². The third-order valence-corrected chi connectivity index (χ3v) is 10.8. The highest BCUT2D eigenvalue weighted by atomic mass is 32.2. The number of nitrogens with zero attached hydrogens (tertiary/aromatic N) is 1. The van der Waals surface area contributed by atoms with E-state index in [1.54, 1.807) is 37.3 Å². The van der Waals surface area contributed by atoms with E-state index in [0.29, 0.717) is 37.9 Å². The fourth-order valence-electron chi connectivity index (χ4n) is 5.96. The first-order chi connectivity index (χ1) is 23.3. The fourth-order valence-corrected chi connectivity index (χ4v) is 7.32. The predicted molar refractivity (Wildman–Crippen MR) is 183 cm³/mol. The van der Waals surface area contributed by atoms with Gasteiger partial charge in [-0.1, -0.05) is 88.8 Å². The highest BCUT2D eigenvalue weighted by Gasteiger charge is 2.51. The Balaban J connectivity index is 1.82. The minimum Gasteiger partial charge on any atom is -0.350 e. The van der Waals surface area contributed by atoms with Gasteiger partial charge >= 0.3 is 5.92 Å². The third kappa shape index (κ3) is 12.2.